The number of carbonyl (C=O) groups excluding carboxylic acids is 1. The molecule has 9 heteroatoms. The lowest BCUT2D eigenvalue weighted by molar-refractivity contribution is 0.0728. The molecule has 29 heavy (non-hydrogen) atoms. The molecule has 1 saturated heterocycles. The third-order valence-corrected chi connectivity index (χ3v) is 4.91. The average Bonchev–Trinajstić information content (AvgIpc) is 3.36. The molecule has 0 saturated carbocycles. The monoisotopic (exact) mass is 396 g/mol. The van der Waals surface area contributed by atoms with Gasteiger partial charge in [-0.2, -0.15) is 4.98 Å². The number of nitrogens with zero attached hydrogens (tertiary/aromatic N) is 6. The van der Waals surface area contributed by atoms with Crippen molar-refractivity contribution < 1.29 is 13.7 Å². The summed E-state index contributed by atoms with van der Waals surface area (Å²) in [5.74, 6) is 0.412. The van der Waals surface area contributed by atoms with Gasteiger partial charge in [0.1, 0.15) is 5.82 Å². The third kappa shape index (κ3) is 3.55. The van der Waals surface area contributed by atoms with Crippen LogP contribution < -0.4 is 4.90 Å². The van der Waals surface area contributed by atoms with Crippen LogP contribution in [0.25, 0.3) is 11.4 Å². The summed E-state index contributed by atoms with van der Waals surface area (Å²) >= 11 is 0. The van der Waals surface area contributed by atoms with Gasteiger partial charge in [0.2, 0.25) is 17.7 Å². The first-order chi connectivity index (χ1) is 14.0. The zero-order valence-corrected chi connectivity index (χ0v) is 16.5. The number of benzene rings is 1. The maximum absolute atomic E-state index is 14.2. The number of halogens is 1. The smallest absolute Gasteiger partial charge is 0.257 e. The summed E-state index contributed by atoms with van der Waals surface area (Å²) in [6.07, 6.45) is 3.14. The predicted octanol–water partition coefficient (Wildman–Crippen LogP) is 3.02. The number of anilines is 1. The lowest BCUT2D eigenvalue weighted by Gasteiger charge is -2.26. The van der Waals surface area contributed by atoms with Gasteiger partial charge in [0.05, 0.1) is 22.9 Å². The Morgan fingerprint density at radius 1 is 1.28 bits per heavy atom. The highest BCUT2D eigenvalue weighted by Crippen LogP contribution is 2.37. The highest BCUT2D eigenvalue weighted by Gasteiger charge is 2.35. The molecule has 4 rings (SSSR count). The van der Waals surface area contributed by atoms with Gasteiger partial charge in [0, 0.05) is 33.8 Å². The quantitative estimate of drug-likeness (QED) is 0.670. The number of aryl methyl sites for hydroxylation is 1. The number of hydrogen-bond donors (Lipinski definition) is 0. The number of rotatable bonds is 4. The Balaban J connectivity index is 1.78. The largest absolute Gasteiger partial charge is 0.347 e. The molecule has 1 fully saturated rings. The van der Waals surface area contributed by atoms with Gasteiger partial charge < -0.3 is 14.3 Å². The average molecular weight is 396 g/mol. The van der Waals surface area contributed by atoms with Crippen LogP contribution >= 0.6 is 0 Å². The minimum atomic E-state index is -0.533. The second kappa shape index (κ2) is 7.57. The summed E-state index contributed by atoms with van der Waals surface area (Å²) in [6, 6.07) is 5.68. The molecule has 0 unspecified atom stereocenters. The van der Waals surface area contributed by atoms with Crippen LogP contribution in [-0.4, -0.2) is 51.6 Å². The van der Waals surface area contributed by atoms with Gasteiger partial charge in [-0.05, 0) is 25.0 Å². The van der Waals surface area contributed by atoms with E-state index in [0.29, 0.717) is 41.9 Å². The van der Waals surface area contributed by atoms with Crippen molar-refractivity contribution in [3.63, 3.8) is 0 Å². The van der Waals surface area contributed by atoms with Crippen LogP contribution in [0.5, 0.6) is 0 Å². The van der Waals surface area contributed by atoms with Crippen molar-refractivity contribution >= 4 is 11.9 Å². The number of likely N-dealkylation sites (tertiary alicyclic amines) is 1. The normalized spacial score (nSPS) is 16.3. The van der Waals surface area contributed by atoms with Crippen molar-refractivity contribution in [2.24, 2.45) is 0 Å². The van der Waals surface area contributed by atoms with Crippen LogP contribution in [0.4, 0.5) is 10.3 Å². The molecule has 0 radical (unpaired) electrons. The molecule has 0 N–H and O–H groups in total. The molecule has 1 amide bonds. The van der Waals surface area contributed by atoms with E-state index in [4.69, 9.17) is 9.51 Å². The Morgan fingerprint density at radius 2 is 2.07 bits per heavy atom. The van der Waals surface area contributed by atoms with Crippen LogP contribution in [0, 0.1) is 12.7 Å². The standard InChI is InChI=1S/C20H21FN6O2/c1-12-23-18(25-29-12)14-11-22-20(26(2)3)24-17(14)16-9-6-10-27(16)19(28)13-7-4-5-8-15(13)21/h4-5,7-8,11,16H,6,9-10H2,1-3H3/t16-/m1/s1. The SMILES string of the molecule is Cc1nc(-c2cnc(N(C)C)nc2[C@H]2CCCN2C(=O)c2ccccc2F)no1. The fourth-order valence-electron chi connectivity index (χ4n) is 3.52. The summed E-state index contributed by atoms with van der Waals surface area (Å²) in [7, 11) is 3.68. The molecule has 3 heterocycles. The molecule has 1 aromatic carbocycles. The van der Waals surface area contributed by atoms with Gasteiger partial charge in [-0.1, -0.05) is 17.3 Å². The van der Waals surface area contributed by atoms with E-state index in [2.05, 4.69) is 15.1 Å². The Morgan fingerprint density at radius 3 is 2.76 bits per heavy atom. The fourth-order valence-corrected chi connectivity index (χ4v) is 3.52. The van der Waals surface area contributed by atoms with Crippen LogP contribution in [0.2, 0.25) is 0 Å². The zero-order chi connectivity index (χ0) is 20.5. The van der Waals surface area contributed by atoms with E-state index in [0.717, 1.165) is 6.42 Å². The van der Waals surface area contributed by atoms with Gasteiger partial charge in [0.25, 0.3) is 5.91 Å². The van der Waals surface area contributed by atoms with Crippen LogP contribution in [0.1, 0.15) is 40.8 Å². The molecule has 8 nitrogen and oxygen atoms in total. The molecule has 1 aliphatic rings. The Hall–Kier alpha value is -3.36. The first-order valence-electron chi connectivity index (χ1n) is 9.36. The molecular weight excluding hydrogens is 375 g/mol. The summed E-state index contributed by atoms with van der Waals surface area (Å²) in [5.41, 5.74) is 1.29. The van der Waals surface area contributed by atoms with Crippen molar-refractivity contribution in [1.29, 1.82) is 0 Å². The highest BCUT2D eigenvalue weighted by molar-refractivity contribution is 5.95. The molecular formula is C20H21FN6O2. The fraction of sp³-hybridized carbons (Fsp3) is 0.350. The van der Waals surface area contributed by atoms with E-state index in [-0.39, 0.29) is 17.5 Å². The number of aromatic nitrogens is 4. The summed E-state index contributed by atoms with van der Waals surface area (Å²) < 4.78 is 19.3. The van der Waals surface area contributed by atoms with Gasteiger partial charge in [-0.25, -0.2) is 14.4 Å². The third-order valence-electron chi connectivity index (χ3n) is 4.91. The van der Waals surface area contributed by atoms with E-state index in [1.807, 2.05) is 14.1 Å². The number of hydrogen-bond acceptors (Lipinski definition) is 7. The molecule has 2 aromatic heterocycles. The van der Waals surface area contributed by atoms with Crippen LogP contribution in [0.3, 0.4) is 0 Å². The number of amides is 1. The molecule has 0 spiro atoms. The van der Waals surface area contributed by atoms with E-state index in [1.54, 1.807) is 35.1 Å². The van der Waals surface area contributed by atoms with Gasteiger partial charge in [-0.3, -0.25) is 4.79 Å². The Bertz CT molecular complexity index is 1050. The first-order valence-corrected chi connectivity index (χ1v) is 9.36. The van der Waals surface area contributed by atoms with E-state index >= 15 is 0 Å². The van der Waals surface area contributed by atoms with Crippen molar-refractivity contribution in [3.05, 3.63) is 53.4 Å². The molecule has 150 valence electrons. The van der Waals surface area contributed by atoms with Gasteiger partial charge in [0.15, 0.2) is 0 Å². The minimum Gasteiger partial charge on any atom is -0.347 e. The lowest BCUT2D eigenvalue weighted by atomic mass is 10.0. The molecule has 0 bridgehead atoms. The maximum atomic E-state index is 14.2. The summed E-state index contributed by atoms with van der Waals surface area (Å²) in [4.78, 5) is 29.9. The maximum Gasteiger partial charge on any atom is 0.257 e. The molecule has 0 aliphatic carbocycles. The molecule has 1 aliphatic heterocycles. The highest BCUT2D eigenvalue weighted by atomic mass is 19.1. The Kier molecular flexibility index (Phi) is 4.96. The van der Waals surface area contributed by atoms with Crippen molar-refractivity contribution in [3.8, 4) is 11.4 Å². The Labute approximate surface area is 167 Å². The summed E-state index contributed by atoms with van der Waals surface area (Å²) in [6.45, 7) is 2.22. The van der Waals surface area contributed by atoms with E-state index < -0.39 is 5.82 Å². The van der Waals surface area contributed by atoms with Crippen molar-refractivity contribution in [2.45, 2.75) is 25.8 Å². The van der Waals surface area contributed by atoms with Crippen molar-refractivity contribution in [2.75, 3.05) is 25.5 Å². The molecule has 3 aromatic rings. The van der Waals surface area contributed by atoms with Crippen molar-refractivity contribution in [1.82, 2.24) is 25.0 Å². The van der Waals surface area contributed by atoms with E-state index in [9.17, 15) is 9.18 Å². The minimum absolute atomic E-state index is 0.0539. The van der Waals surface area contributed by atoms with Gasteiger partial charge in [-0.15, -0.1) is 0 Å². The first kappa shape index (κ1) is 19.0. The topological polar surface area (TPSA) is 88.3 Å². The number of carbonyl (C=O) groups is 1. The second-order valence-electron chi connectivity index (χ2n) is 7.14. The summed E-state index contributed by atoms with van der Waals surface area (Å²) in [5, 5.41) is 3.99. The van der Waals surface area contributed by atoms with Gasteiger partial charge >= 0.3 is 0 Å². The van der Waals surface area contributed by atoms with Crippen LogP contribution in [-0.2, 0) is 0 Å². The molecule has 1 atom stereocenters. The lowest BCUT2D eigenvalue weighted by Crippen LogP contribution is -2.32. The van der Waals surface area contributed by atoms with Crippen LogP contribution in [0.15, 0.2) is 35.0 Å². The van der Waals surface area contributed by atoms with E-state index in [1.165, 1.54) is 12.1 Å². The second-order valence-corrected chi connectivity index (χ2v) is 7.14. The predicted molar refractivity (Wildman–Crippen MR) is 104 cm³/mol. The zero-order valence-electron chi connectivity index (χ0n) is 16.5.